The Kier molecular flexibility index (Phi) is 5.64. The predicted molar refractivity (Wildman–Crippen MR) is 60.3 cm³/mol. The van der Waals surface area contributed by atoms with E-state index in [4.69, 9.17) is 15.9 Å². The molecule has 0 aliphatic carbocycles. The fourth-order valence-electron chi connectivity index (χ4n) is 1.52. The van der Waals surface area contributed by atoms with Crippen molar-refractivity contribution in [2.75, 3.05) is 20.2 Å². The van der Waals surface area contributed by atoms with Gasteiger partial charge < -0.3 is 5.32 Å². The molecule has 19 heavy (non-hydrogen) atoms. The first kappa shape index (κ1) is 16.7. The van der Waals surface area contributed by atoms with Crippen LogP contribution in [0.15, 0.2) is 0 Å². The van der Waals surface area contributed by atoms with Gasteiger partial charge in [0, 0.05) is 37.5 Å². The summed E-state index contributed by atoms with van der Waals surface area (Å²) in [6.45, 7) is -3.32. The Balaban J connectivity index is 2.38. The molecule has 1 aliphatic rings. The minimum absolute atomic E-state index is 0.183. The number of alkyl halides is 3. The highest BCUT2D eigenvalue weighted by Gasteiger charge is 2.40. The van der Waals surface area contributed by atoms with Crippen molar-refractivity contribution in [1.82, 2.24) is 10.4 Å². The highest BCUT2D eigenvalue weighted by atomic mass is 35.7. The molecule has 6 nitrogen and oxygen atoms in total. The standard InChI is InChI=1S/C8H13ClF3N2O4P/c1-17-19(9,16)18-14-4-2-6(3-5-14)13-7(15)8(10,11)12/h6H,2-5H2,1H3,(H,13,15). The molecule has 1 saturated heterocycles. The van der Waals surface area contributed by atoms with Gasteiger partial charge in [0.05, 0.1) is 0 Å². The van der Waals surface area contributed by atoms with Gasteiger partial charge in [-0.2, -0.15) is 18.2 Å². The van der Waals surface area contributed by atoms with Gasteiger partial charge in [0.25, 0.3) is 0 Å². The lowest BCUT2D eigenvalue weighted by Crippen LogP contribution is -2.48. The molecule has 1 N–H and O–H groups in total. The van der Waals surface area contributed by atoms with E-state index in [1.54, 1.807) is 0 Å². The van der Waals surface area contributed by atoms with E-state index in [2.05, 4.69) is 4.52 Å². The van der Waals surface area contributed by atoms with E-state index in [-0.39, 0.29) is 25.9 Å². The Bertz CT molecular complexity index is 373. The van der Waals surface area contributed by atoms with Crippen LogP contribution in [0.1, 0.15) is 12.8 Å². The van der Waals surface area contributed by atoms with E-state index in [9.17, 15) is 22.5 Å². The Morgan fingerprint density at radius 2 is 1.95 bits per heavy atom. The molecule has 112 valence electrons. The summed E-state index contributed by atoms with van der Waals surface area (Å²) >= 11 is 5.39. The summed E-state index contributed by atoms with van der Waals surface area (Å²) in [6.07, 6.45) is -4.44. The van der Waals surface area contributed by atoms with Gasteiger partial charge in [0.15, 0.2) is 0 Å². The predicted octanol–water partition coefficient (Wildman–Crippen LogP) is 2.05. The van der Waals surface area contributed by atoms with Gasteiger partial charge in [-0.25, -0.2) is 9.19 Å². The van der Waals surface area contributed by atoms with Crippen LogP contribution in [0.4, 0.5) is 13.2 Å². The monoisotopic (exact) mass is 324 g/mol. The largest absolute Gasteiger partial charge is 0.471 e. The number of nitrogens with zero attached hydrogens (tertiary/aromatic N) is 1. The number of piperidine rings is 1. The van der Waals surface area contributed by atoms with Gasteiger partial charge in [-0.15, -0.1) is 0 Å². The summed E-state index contributed by atoms with van der Waals surface area (Å²) in [7, 11) is 1.12. The molecule has 0 aromatic carbocycles. The second kappa shape index (κ2) is 6.41. The lowest BCUT2D eigenvalue weighted by Gasteiger charge is -2.31. The molecule has 0 radical (unpaired) electrons. The summed E-state index contributed by atoms with van der Waals surface area (Å²) in [5.74, 6) is -1.97. The van der Waals surface area contributed by atoms with Crippen molar-refractivity contribution < 1.29 is 31.7 Å². The first-order valence-electron chi connectivity index (χ1n) is 5.32. The van der Waals surface area contributed by atoms with Crippen LogP contribution in [-0.2, 0) is 18.5 Å². The van der Waals surface area contributed by atoms with Gasteiger partial charge in [-0.3, -0.25) is 9.32 Å². The second-order valence-electron chi connectivity index (χ2n) is 3.87. The van der Waals surface area contributed by atoms with Crippen LogP contribution in [0.25, 0.3) is 0 Å². The highest BCUT2D eigenvalue weighted by Crippen LogP contribution is 2.53. The van der Waals surface area contributed by atoms with E-state index in [1.165, 1.54) is 5.06 Å². The molecule has 0 bridgehead atoms. The minimum Gasteiger partial charge on any atom is -0.345 e. The number of rotatable bonds is 4. The Labute approximate surface area is 112 Å². The number of carbonyl (C=O) groups excluding carboxylic acids is 1. The maximum Gasteiger partial charge on any atom is 0.471 e. The molecule has 1 atom stereocenters. The number of carbonyl (C=O) groups is 1. The summed E-state index contributed by atoms with van der Waals surface area (Å²) in [6, 6.07) is -0.605. The fourth-order valence-corrected chi connectivity index (χ4v) is 2.29. The lowest BCUT2D eigenvalue weighted by atomic mass is 10.1. The summed E-state index contributed by atoms with van der Waals surface area (Å²) in [5.41, 5.74) is 0. The average Bonchev–Trinajstić information content (AvgIpc) is 2.30. The number of hydrogen-bond donors (Lipinski definition) is 1. The van der Waals surface area contributed by atoms with Crippen molar-refractivity contribution in [3.63, 3.8) is 0 Å². The molecule has 1 rings (SSSR count). The normalized spacial score (nSPS) is 21.9. The van der Waals surface area contributed by atoms with Crippen LogP contribution in [0.5, 0.6) is 0 Å². The van der Waals surface area contributed by atoms with Gasteiger partial charge in [0.2, 0.25) is 0 Å². The second-order valence-corrected chi connectivity index (χ2v) is 6.50. The Morgan fingerprint density at radius 1 is 1.42 bits per heavy atom. The van der Waals surface area contributed by atoms with Gasteiger partial charge in [-0.05, 0) is 12.8 Å². The van der Waals surface area contributed by atoms with Gasteiger partial charge >= 0.3 is 19.0 Å². The van der Waals surface area contributed by atoms with Crippen LogP contribution >= 0.6 is 18.2 Å². The van der Waals surface area contributed by atoms with Crippen LogP contribution in [0.3, 0.4) is 0 Å². The number of hydroxylamine groups is 2. The molecule has 1 unspecified atom stereocenters. The van der Waals surface area contributed by atoms with Crippen molar-refractivity contribution >= 4 is 24.1 Å². The van der Waals surface area contributed by atoms with Gasteiger partial charge in [0.1, 0.15) is 0 Å². The zero-order chi connectivity index (χ0) is 14.7. The first-order valence-corrected chi connectivity index (χ1v) is 7.76. The summed E-state index contributed by atoms with van der Waals surface area (Å²) in [5, 5.41) is 3.12. The third-order valence-corrected chi connectivity index (χ3v) is 3.94. The Morgan fingerprint density at radius 3 is 2.37 bits per heavy atom. The van der Waals surface area contributed by atoms with Crippen LogP contribution in [-0.4, -0.2) is 43.4 Å². The minimum atomic E-state index is -4.89. The van der Waals surface area contributed by atoms with Gasteiger partial charge in [-0.1, -0.05) is 0 Å². The van der Waals surface area contributed by atoms with Crippen molar-refractivity contribution in [1.29, 1.82) is 0 Å². The Hall–Kier alpha value is -0.340. The third-order valence-electron chi connectivity index (χ3n) is 2.48. The van der Waals surface area contributed by atoms with Crippen molar-refractivity contribution in [3.05, 3.63) is 0 Å². The quantitative estimate of drug-likeness (QED) is 0.802. The van der Waals surface area contributed by atoms with E-state index in [0.717, 1.165) is 7.11 Å². The zero-order valence-electron chi connectivity index (χ0n) is 9.95. The molecule has 1 amide bonds. The molecule has 1 heterocycles. The van der Waals surface area contributed by atoms with Crippen molar-refractivity contribution in [2.45, 2.75) is 25.1 Å². The molecule has 1 aliphatic heterocycles. The number of nitrogens with one attached hydrogen (secondary N) is 1. The van der Waals surface area contributed by atoms with E-state index in [0.29, 0.717) is 0 Å². The van der Waals surface area contributed by atoms with Crippen molar-refractivity contribution in [3.8, 4) is 0 Å². The summed E-state index contributed by atoms with van der Waals surface area (Å²) in [4.78, 5) is 10.7. The average molecular weight is 325 g/mol. The van der Waals surface area contributed by atoms with Crippen molar-refractivity contribution in [2.24, 2.45) is 0 Å². The SMILES string of the molecule is COP(=O)(Cl)ON1CCC(NC(=O)C(F)(F)F)CC1. The molecular weight excluding hydrogens is 312 g/mol. The zero-order valence-corrected chi connectivity index (χ0v) is 11.6. The maximum atomic E-state index is 12.0. The smallest absolute Gasteiger partial charge is 0.345 e. The van der Waals surface area contributed by atoms with Crippen LogP contribution < -0.4 is 5.32 Å². The van der Waals surface area contributed by atoms with Crippen LogP contribution in [0.2, 0.25) is 0 Å². The third kappa shape index (κ3) is 5.66. The molecule has 0 aromatic rings. The summed E-state index contributed by atoms with van der Waals surface area (Å²) < 4.78 is 56.7. The topological polar surface area (TPSA) is 67.9 Å². The number of halogens is 4. The lowest BCUT2D eigenvalue weighted by molar-refractivity contribution is -0.175. The van der Waals surface area contributed by atoms with Crippen LogP contribution in [0, 0.1) is 0 Å². The van der Waals surface area contributed by atoms with E-state index in [1.807, 2.05) is 5.32 Å². The molecule has 0 spiro atoms. The fraction of sp³-hybridized carbons (Fsp3) is 0.875. The molecular formula is C8H13ClF3N2O4P. The number of amides is 1. The molecule has 0 saturated carbocycles. The van der Waals surface area contributed by atoms with E-state index < -0.39 is 25.1 Å². The maximum absolute atomic E-state index is 12.0. The van der Waals surface area contributed by atoms with E-state index >= 15 is 0 Å². The molecule has 11 heteroatoms. The number of hydrogen-bond acceptors (Lipinski definition) is 5. The first-order chi connectivity index (χ1) is 8.64. The highest BCUT2D eigenvalue weighted by molar-refractivity contribution is 7.81. The molecule has 0 aromatic heterocycles. The molecule has 1 fully saturated rings.